The van der Waals surface area contributed by atoms with Crippen molar-refractivity contribution in [3.05, 3.63) is 64.6 Å². The second-order valence-corrected chi connectivity index (χ2v) is 11.5. The van der Waals surface area contributed by atoms with E-state index in [4.69, 9.17) is 4.74 Å². The van der Waals surface area contributed by atoms with Crippen molar-refractivity contribution in [2.24, 2.45) is 5.92 Å². The van der Waals surface area contributed by atoms with E-state index in [0.717, 1.165) is 31.6 Å². The summed E-state index contributed by atoms with van der Waals surface area (Å²) in [6, 6.07) is 12.8. The first-order valence-corrected chi connectivity index (χ1v) is 13.2. The Morgan fingerprint density at radius 2 is 1.97 bits per heavy atom. The number of hydrogen-bond donors (Lipinski definition) is 1. The average molecular weight is 458 g/mol. The smallest absolute Gasteiger partial charge is 0.132 e. The van der Waals surface area contributed by atoms with Gasteiger partial charge in [0.15, 0.2) is 0 Å². The summed E-state index contributed by atoms with van der Waals surface area (Å²) >= 11 is 0. The third-order valence-electron chi connectivity index (χ3n) is 9.79. The van der Waals surface area contributed by atoms with Crippen molar-refractivity contribution in [1.29, 1.82) is 0 Å². The summed E-state index contributed by atoms with van der Waals surface area (Å²) in [6.07, 6.45) is 6.11. The number of H-pyrrole nitrogens is 1. The molecule has 4 heterocycles. The molecule has 0 amide bonds. The number of likely N-dealkylation sites (tertiary alicyclic amines) is 1. The number of para-hydroxylation sites is 1. The first-order chi connectivity index (χ1) is 16.6. The lowest BCUT2D eigenvalue weighted by Crippen LogP contribution is -2.78. The Morgan fingerprint density at radius 1 is 1.15 bits per heavy atom. The van der Waals surface area contributed by atoms with Gasteiger partial charge in [-0.3, -0.25) is 9.80 Å². The first kappa shape index (κ1) is 19.9. The van der Waals surface area contributed by atoms with Crippen LogP contribution in [0.1, 0.15) is 67.0 Å². The molecule has 9 rings (SSSR count). The predicted octanol–water partition coefficient (Wildman–Crippen LogP) is 5.38. The number of aromatic nitrogens is 1. The SMILES string of the molecule is C[C@@H]1Cc2c([nH]c3ccccc23)[C@H]2c3c(F)cc(OCCN4CCCC4)cc3C3C4CC3(C4)N21. The van der Waals surface area contributed by atoms with Gasteiger partial charge in [0.05, 0.1) is 6.04 Å². The van der Waals surface area contributed by atoms with E-state index < -0.39 is 0 Å². The molecule has 34 heavy (non-hydrogen) atoms. The van der Waals surface area contributed by atoms with Gasteiger partial charge in [-0.2, -0.15) is 0 Å². The summed E-state index contributed by atoms with van der Waals surface area (Å²) in [4.78, 5) is 8.88. The van der Waals surface area contributed by atoms with Crippen LogP contribution in [0.2, 0.25) is 0 Å². The summed E-state index contributed by atoms with van der Waals surface area (Å²) in [6.45, 7) is 6.25. The first-order valence-electron chi connectivity index (χ1n) is 13.2. The minimum absolute atomic E-state index is 0.0303. The summed E-state index contributed by atoms with van der Waals surface area (Å²) < 4.78 is 22.2. The molecule has 176 valence electrons. The van der Waals surface area contributed by atoms with E-state index >= 15 is 4.39 Å². The van der Waals surface area contributed by atoms with Crippen LogP contribution in [0.4, 0.5) is 4.39 Å². The van der Waals surface area contributed by atoms with Crippen LogP contribution in [0, 0.1) is 11.7 Å². The van der Waals surface area contributed by atoms with E-state index in [-0.39, 0.29) is 17.4 Å². The van der Waals surface area contributed by atoms with Crippen LogP contribution >= 0.6 is 0 Å². The lowest BCUT2D eigenvalue weighted by atomic mass is 9.37. The van der Waals surface area contributed by atoms with Crippen LogP contribution in [0.15, 0.2) is 36.4 Å². The van der Waals surface area contributed by atoms with Gasteiger partial charge in [-0.25, -0.2) is 4.39 Å². The van der Waals surface area contributed by atoms with E-state index in [1.165, 1.54) is 53.4 Å². The molecule has 0 radical (unpaired) electrons. The Morgan fingerprint density at radius 3 is 2.76 bits per heavy atom. The molecule has 3 aromatic rings. The van der Waals surface area contributed by atoms with Gasteiger partial charge in [0.25, 0.3) is 0 Å². The second-order valence-electron chi connectivity index (χ2n) is 11.5. The van der Waals surface area contributed by atoms with Crippen molar-refractivity contribution in [2.75, 3.05) is 26.2 Å². The standard InChI is InChI=1S/C29H32FN3O/c1-17-12-21-20-6-2-3-7-24(20)31-27(21)28-25-22(26-18-15-29(26,16-18)33(17)28)13-19(14-23(25)30)34-11-10-32-8-4-5-9-32/h2-3,6-7,13-14,17-18,26,28,31H,4-5,8-12,15-16H2,1H3/t17-,18?,26?,28-,29?/m1/s1. The van der Waals surface area contributed by atoms with Gasteiger partial charge in [-0.05, 0) is 81.3 Å². The maximum atomic E-state index is 16.0. The molecule has 1 saturated heterocycles. The minimum Gasteiger partial charge on any atom is -0.492 e. The lowest BCUT2D eigenvalue weighted by Gasteiger charge is -2.77. The Labute approximate surface area is 200 Å². The fraction of sp³-hybridized carbons (Fsp3) is 0.517. The Bertz CT molecular complexity index is 1300. The van der Waals surface area contributed by atoms with Crippen molar-refractivity contribution in [3.63, 3.8) is 0 Å². The largest absolute Gasteiger partial charge is 0.492 e. The van der Waals surface area contributed by atoms with Crippen LogP contribution in [-0.2, 0) is 6.42 Å². The number of ether oxygens (including phenoxy) is 1. The molecular weight excluding hydrogens is 425 g/mol. The molecular formula is C29H32FN3O. The van der Waals surface area contributed by atoms with Gasteiger partial charge in [0.1, 0.15) is 18.2 Å². The molecule has 1 spiro atoms. The topological polar surface area (TPSA) is 31.5 Å². The number of aromatic amines is 1. The Hall–Kier alpha value is -2.37. The molecule has 6 aliphatic rings. The van der Waals surface area contributed by atoms with E-state index in [1.807, 2.05) is 0 Å². The quantitative estimate of drug-likeness (QED) is 0.571. The number of nitrogens with zero attached hydrogens (tertiary/aromatic N) is 2. The fourth-order valence-corrected chi connectivity index (χ4v) is 8.35. The summed E-state index contributed by atoms with van der Waals surface area (Å²) in [7, 11) is 0. The average Bonchev–Trinajstić information content (AvgIpc) is 3.41. The molecule has 3 aliphatic carbocycles. The van der Waals surface area contributed by atoms with Crippen LogP contribution in [-0.4, -0.2) is 52.6 Å². The molecule has 3 saturated carbocycles. The maximum Gasteiger partial charge on any atom is 0.132 e. The van der Waals surface area contributed by atoms with E-state index in [2.05, 4.69) is 52.0 Å². The number of hydrogen-bond acceptors (Lipinski definition) is 3. The Kier molecular flexibility index (Phi) is 4.01. The van der Waals surface area contributed by atoms with Gasteiger partial charge in [-0.15, -0.1) is 0 Å². The monoisotopic (exact) mass is 457 g/mol. The zero-order valence-corrected chi connectivity index (χ0v) is 19.8. The molecule has 1 unspecified atom stereocenters. The molecule has 2 aromatic carbocycles. The van der Waals surface area contributed by atoms with Crippen LogP contribution in [0.5, 0.6) is 5.75 Å². The predicted molar refractivity (Wildman–Crippen MR) is 131 cm³/mol. The minimum atomic E-state index is -0.0940. The molecule has 3 atom stereocenters. The Balaban J connectivity index is 1.23. The molecule has 1 N–H and O–H groups in total. The maximum absolute atomic E-state index is 16.0. The van der Waals surface area contributed by atoms with Crippen molar-refractivity contribution in [3.8, 4) is 5.75 Å². The van der Waals surface area contributed by atoms with Crippen molar-refractivity contribution < 1.29 is 9.13 Å². The number of rotatable bonds is 4. The number of halogens is 1. The van der Waals surface area contributed by atoms with E-state index in [0.29, 0.717) is 30.2 Å². The summed E-state index contributed by atoms with van der Waals surface area (Å²) in [5.41, 5.74) is 6.09. The molecule has 3 aliphatic heterocycles. The normalized spacial score (nSPS) is 33.5. The van der Waals surface area contributed by atoms with Crippen molar-refractivity contribution in [2.45, 2.75) is 62.6 Å². The third-order valence-corrected chi connectivity index (χ3v) is 9.79. The van der Waals surface area contributed by atoms with Crippen LogP contribution < -0.4 is 4.74 Å². The fourth-order valence-electron chi connectivity index (χ4n) is 8.35. The molecule has 2 bridgehead atoms. The van der Waals surface area contributed by atoms with Crippen molar-refractivity contribution >= 4 is 10.9 Å². The number of benzene rings is 2. The highest BCUT2D eigenvalue weighted by Gasteiger charge is 2.73. The number of fused-ring (bicyclic) bond motifs is 7. The second kappa shape index (κ2) is 6.86. The molecule has 1 aromatic heterocycles. The highest BCUT2D eigenvalue weighted by Crippen LogP contribution is 2.75. The van der Waals surface area contributed by atoms with Crippen molar-refractivity contribution in [1.82, 2.24) is 14.8 Å². The summed E-state index contributed by atoms with van der Waals surface area (Å²) in [5, 5.41) is 1.30. The van der Waals surface area contributed by atoms with E-state index in [9.17, 15) is 0 Å². The van der Waals surface area contributed by atoms with E-state index in [1.54, 1.807) is 6.07 Å². The van der Waals surface area contributed by atoms with Crippen LogP contribution in [0.3, 0.4) is 0 Å². The van der Waals surface area contributed by atoms with Gasteiger partial charge >= 0.3 is 0 Å². The van der Waals surface area contributed by atoms with Crippen LogP contribution in [0.25, 0.3) is 10.9 Å². The summed E-state index contributed by atoms with van der Waals surface area (Å²) in [5.74, 6) is 1.79. The molecule has 4 nitrogen and oxygen atoms in total. The number of nitrogens with one attached hydrogen (secondary N) is 1. The highest BCUT2D eigenvalue weighted by atomic mass is 19.1. The molecule has 4 fully saturated rings. The van der Waals surface area contributed by atoms with Gasteiger partial charge in [0.2, 0.25) is 0 Å². The lowest BCUT2D eigenvalue weighted by molar-refractivity contribution is -0.209. The van der Waals surface area contributed by atoms with Gasteiger partial charge < -0.3 is 9.72 Å². The highest BCUT2D eigenvalue weighted by molar-refractivity contribution is 5.85. The van der Waals surface area contributed by atoms with Gasteiger partial charge in [0, 0.05) is 52.3 Å². The van der Waals surface area contributed by atoms with Gasteiger partial charge in [-0.1, -0.05) is 18.2 Å². The zero-order valence-electron chi connectivity index (χ0n) is 19.8. The zero-order chi connectivity index (χ0) is 22.6. The molecule has 5 heteroatoms. The third kappa shape index (κ3) is 2.45.